The van der Waals surface area contributed by atoms with Gasteiger partial charge in [-0.1, -0.05) is 0 Å². The number of aromatic nitrogens is 3. The molecule has 1 aliphatic heterocycles. The van der Waals surface area contributed by atoms with Gasteiger partial charge in [0.15, 0.2) is 23.2 Å². The van der Waals surface area contributed by atoms with Gasteiger partial charge >= 0.3 is 0 Å². The lowest BCUT2D eigenvalue weighted by molar-refractivity contribution is 0.0800. The maximum Gasteiger partial charge on any atom is 0.172 e. The standard InChI is InChI=1S/C23H27F2N5O2/c1-23(2,31)12-15-11-18-19(13-27-15)29-22(21(26-3)28-18)30-8-6-16(7-9-30)32-20-5-4-14(24)10-17(20)25/h4-5,10-11,13,16,31H,6-9,12H2,1-3H3,(H,26,28). The molecule has 2 N–H and O–H groups in total. The Morgan fingerprint density at radius 3 is 2.56 bits per heavy atom. The number of hydrogen-bond donors (Lipinski definition) is 2. The molecule has 0 bridgehead atoms. The van der Waals surface area contributed by atoms with E-state index in [9.17, 15) is 13.9 Å². The van der Waals surface area contributed by atoms with E-state index in [0.29, 0.717) is 49.2 Å². The third kappa shape index (κ3) is 5.04. The highest BCUT2D eigenvalue weighted by Gasteiger charge is 2.25. The van der Waals surface area contributed by atoms with Crippen molar-refractivity contribution >= 4 is 22.7 Å². The smallest absolute Gasteiger partial charge is 0.172 e. The molecule has 1 fully saturated rings. The van der Waals surface area contributed by atoms with Crippen LogP contribution in [-0.4, -0.2) is 51.9 Å². The molecule has 0 amide bonds. The summed E-state index contributed by atoms with van der Waals surface area (Å²) in [6.45, 7) is 4.80. The van der Waals surface area contributed by atoms with Crippen LogP contribution in [-0.2, 0) is 6.42 Å². The number of aliphatic hydroxyl groups is 1. The van der Waals surface area contributed by atoms with Gasteiger partial charge in [0.25, 0.3) is 0 Å². The molecule has 0 saturated carbocycles. The third-order valence-electron chi connectivity index (χ3n) is 5.37. The molecule has 0 spiro atoms. The van der Waals surface area contributed by atoms with Crippen molar-refractivity contribution in [2.24, 2.45) is 0 Å². The van der Waals surface area contributed by atoms with Crippen molar-refractivity contribution < 1.29 is 18.6 Å². The Balaban J connectivity index is 1.49. The highest BCUT2D eigenvalue weighted by molar-refractivity contribution is 5.80. The molecule has 1 aromatic carbocycles. The minimum Gasteiger partial charge on any atom is -0.487 e. The zero-order valence-corrected chi connectivity index (χ0v) is 18.4. The van der Waals surface area contributed by atoms with E-state index in [4.69, 9.17) is 14.7 Å². The normalized spacial score (nSPS) is 15.2. The predicted molar refractivity (Wildman–Crippen MR) is 119 cm³/mol. The summed E-state index contributed by atoms with van der Waals surface area (Å²) >= 11 is 0. The summed E-state index contributed by atoms with van der Waals surface area (Å²) < 4.78 is 32.8. The lowest BCUT2D eigenvalue weighted by Crippen LogP contribution is -2.39. The van der Waals surface area contributed by atoms with Gasteiger partial charge in [0.2, 0.25) is 0 Å². The Bertz CT molecular complexity index is 1110. The Morgan fingerprint density at radius 2 is 1.91 bits per heavy atom. The van der Waals surface area contributed by atoms with Crippen LogP contribution in [0, 0.1) is 11.6 Å². The van der Waals surface area contributed by atoms with Gasteiger partial charge in [0, 0.05) is 51.2 Å². The Hall–Kier alpha value is -3.07. The van der Waals surface area contributed by atoms with Crippen molar-refractivity contribution in [3.63, 3.8) is 0 Å². The molecule has 1 saturated heterocycles. The Labute approximate surface area is 185 Å². The fraction of sp³-hybridized carbons (Fsp3) is 0.435. The van der Waals surface area contributed by atoms with E-state index < -0.39 is 17.2 Å². The fourth-order valence-corrected chi connectivity index (χ4v) is 3.86. The second kappa shape index (κ2) is 8.82. The molecule has 32 heavy (non-hydrogen) atoms. The maximum atomic E-state index is 13.9. The first-order valence-electron chi connectivity index (χ1n) is 10.7. The van der Waals surface area contributed by atoms with Crippen LogP contribution >= 0.6 is 0 Å². The van der Waals surface area contributed by atoms with E-state index in [0.717, 1.165) is 17.6 Å². The molecule has 3 heterocycles. The number of halogens is 2. The Morgan fingerprint density at radius 1 is 1.16 bits per heavy atom. The molecular formula is C23H27F2N5O2. The van der Waals surface area contributed by atoms with Crippen molar-refractivity contribution in [3.8, 4) is 5.75 Å². The van der Waals surface area contributed by atoms with Gasteiger partial charge in [-0.2, -0.15) is 0 Å². The first-order valence-corrected chi connectivity index (χ1v) is 10.7. The van der Waals surface area contributed by atoms with Crippen molar-refractivity contribution in [3.05, 3.63) is 47.8 Å². The number of anilines is 2. The minimum atomic E-state index is -0.858. The van der Waals surface area contributed by atoms with E-state index in [1.807, 2.05) is 6.07 Å². The van der Waals surface area contributed by atoms with Gasteiger partial charge in [-0.15, -0.1) is 0 Å². The SMILES string of the molecule is CNc1nc2cc(CC(C)(C)O)ncc2nc1N1CCC(Oc2ccc(F)cc2F)CC1. The van der Waals surface area contributed by atoms with Crippen LogP contribution in [0.25, 0.3) is 11.0 Å². The molecule has 7 nitrogen and oxygen atoms in total. The number of ether oxygens (including phenoxy) is 1. The number of hydrogen-bond acceptors (Lipinski definition) is 7. The minimum absolute atomic E-state index is 0.0687. The topological polar surface area (TPSA) is 83.4 Å². The van der Waals surface area contributed by atoms with Crippen LogP contribution in [0.4, 0.5) is 20.4 Å². The molecule has 170 valence electrons. The van der Waals surface area contributed by atoms with Gasteiger partial charge < -0.3 is 20.1 Å². The molecule has 1 aliphatic rings. The summed E-state index contributed by atoms with van der Waals surface area (Å²) in [6, 6.07) is 5.19. The summed E-state index contributed by atoms with van der Waals surface area (Å²) in [4.78, 5) is 16.0. The first-order chi connectivity index (χ1) is 15.2. The van der Waals surface area contributed by atoms with Crippen molar-refractivity contribution in [1.82, 2.24) is 15.0 Å². The van der Waals surface area contributed by atoms with Crippen molar-refractivity contribution in [2.45, 2.75) is 44.8 Å². The molecule has 0 radical (unpaired) electrons. The van der Waals surface area contributed by atoms with Crippen LogP contribution in [0.1, 0.15) is 32.4 Å². The lowest BCUT2D eigenvalue weighted by Gasteiger charge is -2.33. The second-order valence-corrected chi connectivity index (χ2v) is 8.68. The maximum absolute atomic E-state index is 13.9. The first kappa shape index (κ1) is 22.1. The van der Waals surface area contributed by atoms with Crippen LogP contribution in [0.3, 0.4) is 0 Å². The fourth-order valence-electron chi connectivity index (χ4n) is 3.86. The average Bonchev–Trinajstić information content (AvgIpc) is 2.74. The molecule has 0 aliphatic carbocycles. The van der Waals surface area contributed by atoms with Crippen LogP contribution in [0.2, 0.25) is 0 Å². The van der Waals surface area contributed by atoms with E-state index in [1.165, 1.54) is 12.1 Å². The summed E-state index contributed by atoms with van der Waals surface area (Å²) in [6.07, 6.45) is 3.28. The molecular weight excluding hydrogens is 416 g/mol. The highest BCUT2D eigenvalue weighted by atomic mass is 19.1. The molecule has 4 rings (SSSR count). The summed E-state index contributed by atoms with van der Waals surface area (Å²) in [7, 11) is 1.80. The van der Waals surface area contributed by atoms with Gasteiger partial charge in [-0.3, -0.25) is 4.98 Å². The highest BCUT2D eigenvalue weighted by Crippen LogP contribution is 2.29. The molecule has 9 heteroatoms. The quantitative estimate of drug-likeness (QED) is 0.601. The third-order valence-corrected chi connectivity index (χ3v) is 5.37. The second-order valence-electron chi connectivity index (χ2n) is 8.68. The number of pyridine rings is 1. The van der Waals surface area contributed by atoms with Gasteiger partial charge in [-0.05, 0) is 32.0 Å². The predicted octanol–water partition coefficient (Wildman–Crippen LogP) is 3.71. The van der Waals surface area contributed by atoms with Gasteiger partial charge in [-0.25, -0.2) is 18.7 Å². The van der Waals surface area contributed by atoms with Crippen molar-refractivity contribution in [2.75, 3.05) is 30.4 Å². The van der Waals surface area contributed by atoms with Gasteiger partial charge in [0.05, 0.1) is 17.3 Å². The average molecular weight is 443 g/mol. The molecule has 0 atom stereocenters. The molecule has 3 aromatic rings. The van der Waals surface area contributed by atoms with E-state index in [-0.39, 0.29) is 11.9 Å². The largest absolute Gasteiger partial charge is 0.487 e. The number of nitrogens with zero attached hydrogens (tertiary/aromatic N) is 4. The lowest BCUT2D eigenvalue weighted by atomic mass is 10.0. The zero-order valence-electron chi connectivity index (χ0n) is 18.4. The van der Waals surface area contributed by atoms with E-state index in [2.05, 4.69) is 15.2 Å². The molecule has 0 unspecified atom stereocenters. The van der Waals surface area contributed by atoms with E-state index >= 15 is 0 Å². The monoisotopic (exact) mass is 443 g/mol. The number of rotatable bonds is 6. The number of fused-ring (bicyclic) bond motifs is 1. The summed E-state index contributed by atoms with van der Waals surface area (Å²) in [5.74, 6) is 0.132. The summed E-state index contributed by atoms with van der Waals surface area (Å²) in [5.41, 5.74) is 1.27. The number of piperidine rings is 1. The van der Waals surface area contributed by atoms with Crippen LogP contribution < -0.4 is 15.0 Å². The number of benzene rings is 1. The van der Waals surface area contributed by atoms with Gasteiger partial charge in [0.1, 0.15) is 17.4 Å². The zero-order chi connectivity index (χ0) is 22.9. The van der Waals surface area contributed by atoms with Crippen LogP contribution in [0.15, 0.2) is 30.5 Å². The Kier molecular flexibility index (Phi) is 6.10. The summed E-state index contributed by atoms with van der Waals surface area (Å²) in [5, 5.41) is 13.2. The van der Waals surface area contributed by atoms with Crippen LogP contribution in [0.5, 0.6) is 5.75 Å². The number of nitrogens with one attached hydrogen (secondary N) is 1. The van der Waals surface area contributed by atoms with E-state index in [1.54, 1.807) is 27.1 Å². The van der Waals surface area contributed by atoms with Crippen molar-refractivity contribution in [1.29, 1.82) is 0 Å². The molecule has 2 aromatic heterocycles.